The molecule has 3 nitrogen and oxygen atoms in total. The molecule has 0 fully saturated rings. The molecule has 0 bridgehead atoms. The molecule has 0 N–H and O–H groups in total. The van der Waals surface area contributed by atoms with Gasteiger partial charge in [-0.2, -0.15) is 0 Å². The van der Waals surface area contributed by atoms with Gasteiger partial charge >= 0.3 is 0 Å². The topological polar surface area (TPSA) is 38.7 Å². The lowest BCUT2D eigenvalue weighted by Crippen LogP contribution is -2.00. The first-order chi connectivity index (χ1) is 28.7. The van der Waals surface area contributed by atoms with Crippen LogP contribution in [-0.4, -0.2) is 15.0 Å². The van der Waals surface area contributed by atoms with Crippen LogP contribution in [0.5, 0.6) is 0 Å². The van der Waals surface area contributed by atoms with E-state index in [0.29, 0.717) is 17.5 Å². The van der Waals surface area contributed by atoms with Crippen molar-refractivity contribution in [3.63, 3.8) is 0 Å². The second kappa shape index (κ2) is 14.1. The summed E-state index contributed by atoms with van der Waals surface area (Å²) in [5, 5.41) is 9.89. The van der Waals surface area contributed by atoms with Crippen molar-refractivity contribution in [1.29, 1.82) is 0 Å². The Balaban J connectivity index is 1.10. The predicted molar refractivity (Wildman–Crippen MR) is 242 cm³/mol. The molecule has 0 unspecified atom stereocenters. The summed E-state index contributed by atoms with van der Waals surface area (Å²) in [6.45, 7) is 0. The van der Waals surface area contributed by atoms with Gasteiger partial charge in [0, 0.05) is 16.7 Å². The molecule has 0 saturated heterocycles. The van der Waals surface area contributed by atoms with Gasteiger partial charge in [0.05, 0.1) is 0 Å². The fourth-order valence-corrected chi connectivity index (χ4v) is 8.27. The average molecular weight is 738 g/mol. The van der Waals surface area contributed by atoms with Gasteiger partial charge in [-0.3, -0.25) is 0 Å². The maximum Gasteiger partial charge on any atom is 0.164 e. The molecule has 11 rings (SSSR count). The summed E-state index contributed by atoms with van der Waals surface area (Å²) in [4.78, 5) is 15.5. The van der Waals surface area contributed by atoms with Crippen LogP contribution in [0, 0.1) is 0 Å². The summed E-state index contributed by atoms with van der Waals surface area (Å²) in [5.41, 5.74) is 9.56. The minimum Gasteiger partial charge on any atom is -0.208 e. The van der Waals surface area contributed by atoms with Crippen LogP contribution in [0.3, 0.4) is 0 Å². The standard InChI is InChI=1S/C55H35N3/c1-3-11-36(12-4-1)37-19-23-41(24-20-37)54-56-53(40-15-5-2-6-16-40)57-55(58-54)48-34-46(42-27-29-51-44(31-42)25-21-38-13-7-9-17-49(38)51)33-47(35-48)43-28-30-52-45(32-43)26-22-39-14-8-10-18-50(39)52/h1-35H. The summed E-state index contributed by atoms with van der Waals surface area (Å²) in [6, 6.07) is 75.5. The first-order valence-corrected chi connectivity index (χ1v) is 19.7. The van der Waals surface area contributed by atoms with Crippen molar-refractivity contribution in [2.24, 2.45) is 0 Å². The van der Waals surface area contributed by atoms with E-state index in [1.807, 2.05) is 24.3 Å². The Morgan fingerprint density at radius 2 is 0.534 bits per heavy atom. The van der Waals surface area contributed by atoms with E-state index in [1.165, 1.54) is 48.7 Å². The summed E-state index contributed by atoms with van der Waals surface area (Å²) in [7, 11) is 0. The number of aromatic nitrogens is 3. The van der Waals surface area contributed by atoms with E-state index in [-0.39, 0.29) is 0 Å². The lowest BCUT2D eigenvalue weighted by Gasteiger charge is -2.14. The van der Waals surface area contributed by atoms with Crippen molar-refractivity contribution in [3.8, 4) is 67.5 Å². The molecule has 0 aliphatic rings. The molecule has 1 aromatic heterocycles. The van der Waals surface area contributed by atoms with Crippen LogP contribution < -0.4 is 0 Å². The number of rotatable bonds is 6. The molecule has 11 aromatic rings. The van der Waals surface area contributed by atoms with E-state index in [0.717, 1.165) is 44.5 Å². The molecule has 0 aliphatic heterocycles. The van der Waals surface area contributed by atoms with E-state index in [9.17, 15) is 0 Å². The summed E-state index contributed by atoms with van der Waals surface area (Å²) >= 11 is 0. The van der Waals surface area contributed by atoms with E-state index >= 15 is 0 Å². The molecule has 0 atom stereocenters. The molecular weight excluding hydrogens is 703 g/mol. The average Bonchev–Trinajstić information content (AvgIpc) is 3.31. The molecule has 3 heteroatoms. The summed E-state index contributed by atoms with van der Waals surface area (Å²) in [6.07, 6.45) is 0. The first-order valence-electron chi connectivity index (χ1n) is 19.7. The van der Waals surface area contributed by atoms with Gasteiger partial charge in [-0.25, -0.2) is 15.0 Å². The Morgan fingerprint density at radius 1 is 0.190 bits per heavy atom. The number of hydrogen-bond donors (Lipinski definition) is 0. The van der Waals surface area contributed by atoms with Gasteiger partial charge in [0.2, 0.25) is 0 Å². The molecule has 0 spiro atoms. The van der Waals surface area contributed by atoms with Crippen molar-refractivity contribution in [2.45, 2.75) is 0 Å². The number of benzene rings is 10. The van der Waals surface area contributed by atoms with Crippen molar-refractivity contribution in [1.82, 2.24) is 15.0 Å². The maximum atomic E-state index is 5.22. The molecule has 270 valence electrons. The molecule has 0 saturated carbocycles. The van der Waals surface area contributed by atoms with E-state index in [2.05, 4.69) is 188 Å². The normalized spacial score (nSPS) is 11.4. The Hall–Kier alpha value is -7.75. The maximum absolute atomic E-state index is 5.22. The van der Waals surface area contributed by atoms with Gasteiger partial charge < -0.3 is 0 Å². The SMILES string of the molecule is c1ccc(-c2ccc(-c3nc(-c4ccccc4)nc(-c4cc(-c5ccc6c(ccc7ccccc76)c5)cc(-c5ccc6c(ccc7ccccc76)c5)c4)n3)cc2)cc1. The zero-order valence-electron chi connectivity index (χ0n) is 31.5. The highest BCUT2D eigenvalue weighted by Crippen LogP contribution is 2.37. The van der Waals surface area contributed by atoms with Gasteiger partial charge in [0.15, 0.2) is 17.5 Å². The highest BCUT2D eigenvalue weighted by atomic mass is 15.0. The summed E-state index contributed by atoms with van der Waals surface area (Å²) < 4.78 is 0. The van der Waals surface area contributed by atoms with Crippen molar-refractivity contribution in [2.75, 3.05) is 0 Å². The smallest absolute Gasteiger partial charge is 0.164 e. The van der Waals surface area contributed by atoms with E-state index < -0.39 is 0 Å². The van der Waals surface area contributed by atoms with Gasteiger partial charge in [0.25, 0.3) is 0 Å². The summed E-state index contributed by atoms with van der Waals surface area (Å²) in [5.74, 6) is 1.89. The minimum absolute atomic E-state index is 0.623. The fraction of sp³-hybridized carbons (Fsp3) is 0. The van der Waals surface area contributed by atoms with Crippen LogP contribution in [-0.2, 0) is 0 Å². The minimum atomic E-state index is 0.623. The highest BCUT2D eigenvalue weighted by molar-refractivity contribution is 6.09. The molecule has 58 heavy (non-hydrogen) atoms. The Labute approximate surface area is 336 Å². The zero-order chi connectivity index (χ0) is 38.4. The lowest BCUT2D eigenvalue weighted by atomic mass is 9.92. The van der Waals surface area contributed by atoms with Crippen LogP contribution in [0.15, 0.2) is 212 Å². The second-order valence-electron chi connectivity index (χ2n) is 14.9. The van der Waals surface area contributed by atoms with Crippen LogP contribution >= 0.6 is 0 Å². The highest BCUT2D eigenvalue weighted by Gasteiger charge is 2.16. The van der Waals surface area contributed by atoms with Crippen molar-refractivity contribution >= 4 is 43.1 Å². The number of nitrogens with zero attached hydrogens (tertiary/aromatic N) is 3. The second-order valence-corrected chi connectivity index (χ2v) is 14.9. The van der Waals surface area contributed by atoms with Crippen molar-refractivity contribution < 1.29 is 0 Å². The molecule has 0 aliphatic carbocycles. The molecule has 10 aromatic carbocycles. The Morgan fingerprint density at radius 3 is 1.07 bits per heavy atom. The van der Waals surface area contributed by atoms with Crippen LogP contribution in [0.4, 0.5) is 0 Å². The number of hydrogen-bond acceptors (Lipinski definition) is 3. The Bertz CT molecular complexity index is 3180. The monoisotopic (exact) mass is 737 g/mol. The third-order valence-corrected chi connectivity index (χ3v) is 11.3. The number of fused-ring (bicyclic) bond motifs is 6. The molecule has 0 radical (unpaired) electrons. The van der Waals surface area contributed by atoms with E-state index in [1.54, 1.807) is 0 Å². The fourth-order valence-electron chi connectivity index (χ4n) is 8.27. The van der Waals surface area contributed by atoms with Gasteiger partial charge in [-0.1, -0.05) is 182 Å². The third-order valence-electron chi connectivity index (χ3n) is 11.3. The van der Waals surface area contributed by atoms with Crippen molar-refractivity contribution in [3.05, 3.63) is 212 Å². The lowest BCUT2D eigenvalue weighted by molar-refractivity contribution is 1.07. The van der Waals surface area contributed by atoms with Gasteiger partial charge in [-0.15, -0.1) is 0 Å². The third kappa shape index (κ3) is 6.16. The van der Waals surface area contributed by atoms with E-state index in [4.69, 9.17) is 15.0 Å². The quantitative estimate of drug-likeness (QED) is 0.160. The molecule has 1 heterocycles. The zero-order valence-corrected chi connectivity index (χ0v) is 31.5. The van der Waals surface area contributed by atoms with Crippen LogP contribution in [0.1, 0.15) is 0 Å². The van der Waals surface area contributed by atoms with Crippen LogP contribution in [0.25, 0.3) is 111 Å². The van der Waals surface area contributed by atoms with Gasteiger partial charge in [-0.05, 0) is 107 Å². The predicted octanol–water partition coefficient (Wildman–Crippen LogP) is 14.5. The van der Waals surface area contributed by atoms with Gasteiger partial charge in [0.1, 0.15) is 0 Å². The Kier molecular flexibility index (Phi) is 8.15. The van der Waals surface area contributed by atoms with Crippen LogP contribution in [0.2, 0.25) is 0 Å². The largest absolute Gasteiger partial charge is 0.208 e. The molecular formula is C55H35N3. The first kappa shape index (κ1) is 33.6. The molecule has 0 amide bonds.